The molecular formula is C17H16ClN3O. The number of nitrogens with one attached hydrogen (secondary N) is 1. The first kappa shape index (κ1) is 16.0. The summed E-state index contributed by atoms with van der Waals surface area (Å²) in [6, 6.07) is 9.74. The summed E-state index contributed by atoms with van der Waals surface area (Å²) in [5, 5.41) is 3.05. The summed E-state index contributed by atoms with van der Waals surface area (Å²) in [6.07, 6.45) is 2.36. The van der Waals surface area contributed by atoms with E-state index in [4.69, 9.17) is 11.6 Å². The Hall–Kier alpha value is -2.38. The third-order valence-corrected chi connectivity index (χ3v) is 3.09. The van der Waals surface area contributed by atoms with Crippen LogP contribution in [0.3, 0.4) is 0 Å². The van der Waals surface area contributed by atoms with Crippen molar-refractivity contribution in [1.29, 1.82) is 0 Å². The molecule has 1 heterocycles. The van der Waals surface area contributed by atoms with Crippen LogP contribution in [0.1, 0.15) is 30.7 Å². The summed E-state index contributed by atoms with van der Waals surface area (Å²) in [7, 11) is 0. The highest BCUT2D eigenvalue weighted by molar-refractivity contribution is 6.28. The second-order valence-corrected chi connectivity index (χ2v) is 5.30. The number of aromatic nitrogens is 2. The highest BCUT2D eigenvalue weighted by atomic mass is 35.5. The first-order chi connectivity index (χ1) is 10.5. The normalized spacial score (nSPS) is 11.2. The second kappa shape index (κ2) is 7.58. The van der Waals surface area contributed by atoms with Crippen molar-refractivity contribution in [2.45, 2.75) is 26.3 Å². The van der Waals surface area contributed by atoms with Gasteiger partial charge in [-0.1, -0.05) is 18.1 Å². The zero-order valence-electron chi connectivity index (χ0n) is 12.4. The van der Waals surface area contributed by atoms with Gasteiger partial charge in [0.15, 0.2) is 0 Å². The van der Waals surface area contributed by atoms with Gasteiger partial charge < -0.3 is 5.32 Å². The molecule has 22 heavy (non-hydrogen) atoms. The molecule has 2 aromatic rings. The zero-order valence-corrected chi connectivity index (χ0v) is 13.2. The molecule has 0 saturated carbocycles. The van der Waals surface area contributed by atoms with Gasteiger partial charge in [0, 0.05) is 24.7 Å². The Morgan fingerprint density at radius 1 is 1.27 bits per heavy atom. The van der Waals surface area contributed by atoms with Gasteiger partial charge in [-0.05, 0) is 54.6 Å². The Bertz CT molecular complexity index is 717. The molecule has 1 aromatic carbocycles. The van der Waals surface area contributed by atoms with Crippen molar-refractivity contribution in [2.75, 3.05) is 0 Å². The standard InChI is InChI=1S/C17H16ClN3O/c1-12(20-13(2)22)11-15-5-3-14(4-6-15)7-8-16-9-10-19-17(18)21-16/h3-6,9-10,12H,11H2,1-2H3,(H,20,22). The molecular weight excluding hydrogens is 298 g/mol. The molecule has 1 amide bonds. The number of amides is 1. The van der Waals surface area contributed by atoms with E-state index in [0.29, 0.717) is 5.69 Å². The Morgan fingerprint density at radius 3 is 2.64 bits per heavy atom. The van der Waals surface area contributed by atoms with Crippen LogP contribution in [-0.4, -0.2) is 21.9 Å². The molecule has 1 N–H and O–H groups in total. The first-order valence-electron chi connectivity index (χ1n) is 6.89. The molecule has 2 rings (SSSR count). The lowest BCUT2D eigenvalue weighted by Crippen LogP contribution is -2.31. The van der Waals surface area contributed by atoms with E-state index in [1.54, 1.807) is 12.3 Å². The van der Waals surface area contributed by atoms with Crippen LogP contribution >= 0.6 is 11.6 Å². The molecule has 5 heteroatoms. The maximum atomic E-state index is 11.0. The number of rotatable bonds is 3. The minimum atomic E-state index is -0.0153. The molecule has 112 valence electrons. The fourth-order valence-electron chi connectivity index (χ4n) is 2.02. The Balaban J connectivity index is 2.02. The molecule has 1 atom stereocenters. The first-order valence-corrected chi connectivity index (χ1v) is 7.27. The van der Waals surface area contributed by atoms with Crippen LogP contribution in [0.5, 0.6) is 0 Å². The van der Waals surface area contributed by atoms with Crippen LogP contribution in [0.4, 0.5) is 0 Å². The van der Waals surface area contributed by atoms with Gasteiger partial charge in [-0.2, -0.15) is 0 Å². The lowest BCUT2D eigenvalue weighted by Gasteiger charge is -2.12. The zero-order chi connectivity index (χ0) is 15.9. The molecule has 0 spiro atoms. The molecule has 0 aliphatic heterocycles. The quantitative estimate of drug-likeness (QED) is 0.700. The smallest absolute Gasteiger partial charge is 0.223 e. The lowest BCUT2D eigenvalue weighted by atomic mass is 10.1. The number of carbonyl (C=O) groups is 1. The maximum Gasteiger partial charge on any atom is 0.223 e. The monoisotopic (exact) mass is 313 g/mol. The van der Waals surface area contributed by atoms with E-state index in [1.807, 2.05) is 31.2 Å². The van der Waals surface area contributed by atoms with Gasteiger partial charge in [0.2, 0.25) is 11.2 Å². The second-order valence-electron chi connectivity index (χ2n) is 4.96. The molecule has 4 nitrogen and oxygen atoms in total. The summed E-state index contributed by atoms with van der Waals surface area (Å²) in [5.41, 5.74) is 2.63. The summed E-state index contributed by atoms with van der Waals surface area (Å²) >= 11 is 5.71. The summed E-state index contributed by atoms with van der Waals surface area (Å²) < 4.78 is 0. The molecule has 0 saturated heterocycles. The van der Waals surface area contributed by atoms with Crippen molar-refractivity contribution in [3.05, 3.63) is 58.6 Å². The number of hydrogen-bond acceptors (Lipinski definition) is 3. The van der Waals surface area contributed by atoms with Crippen molar-refractivity contribution >= 4 is 17.5 Å². The third-order valence-electron chi connectivity index (χ3n) is 2.91. The van der Waals surface area contributed by atoms with Crippen LogP contribution in [0.15, 0.2) is 36.5 Å². The molecule has 0 radical (unpaired) electrons. The highest BCUT2D eigenvalue weighted by Crippen LogP contribution is 2.07. The van der Waals surface area contributed by atoms with Crippen molar-refractivity contribution in [3.8, 4) is 11.8 Å². The largest absolute Gasteiger partial charge is 0.354 e. The van der Waals surface area contributed by atoms with Gasteiger partial charge in [-0.3, -0.25) is 4.79 Å². The number of hydrogen-bond donors (Lipinski definition) is 1. The average molecular weight is 314 g/mol. The Kier molecular flexibility index (Phi) is 5.51. The predicted octanol–water partition coefficient (Wildman–Crippen LogP) is 2.60. The fraction of sp³-hybridized carbons (Fsp3) is 0.235. The van der Waals surface area contributed by atoms with E-state index in [0.717, 1.165) is 17.5 Å². The van der Waals surface area contributed by atoms with Gasteiger partial charge in [0.05, 0.1) is 0 Å². The summed E-state index contributed by atoms with van der Waals surface area (Å²) in [5.74, 6) is 5.96. The molecule has 1 aromatic heterocycles. The molecule has 0 bridgehead atoms. The molecule has 1 unspecified atom stereocenters. The van der Waals surface area contributed by atoms with E-state index in [9.17, 15) is 4.79 Å². The highest BCUT2D eigenvalue weighted by Gasteiger charge is 2.04. The van der Waals surface area contributed by atoms with Gasteiger partial charge in [0.1, 0.15) is 5.69 Å². The predicted molar refractivity (Wildman–Crippen MR) is 86.4 cm³/mol. The minimum absolute atomic E-state index is 0.0153. The van der Waals surface area contributed by atoms with E-state index < -0.39 is 0 Å². The van der Waals surface area contributed by atoms with Crippen molar-refractivity contribution < 1.29 is 4.79 Å². The average Bonchev–Trinajstić information content (AvgIpc) is 2.46. The van der Waals surface area contributed by atoms with E-state index >= 15 is 0 Å². The van der Waals surface area contributed by atoms with Crippen LogP contribution < -0.4 is 5.32 Å². The number of benzene rings is 1. The van der Waals surface area contributed by atoms with Gasteiger partial charge in [-0.15, -0.1) is 0 Å². The number of halogens is 1. The minimum Gasteiger partial charge on any atom is -0.354 e. The van der Waals surface area contributed by atoms with Gasteiger partial charge >= 0.3 is 0 Å². The van der Waals surface area contributed by atoms with E-state index in [1.165, 1.54) is 6.92 Å². The summed E-state index contributed by atoms with van der Waals surface area (Å²) in [6.45, 7) is 3.50. The third kappa shape index (κ3) is 5.19. The van der Waals surface area contributed by atoms with Gasteiger partial charge in [0.25, 0.3) is 0 Å². The van der Waals surface area contributed by atoms with Crippen molar-refractivity contribution in [2.24, 2.45) is 0 Å². The fourth-order valence-corrected chi connectivity index (χ4v) is 2.16. The molecule has 0 aliphatic rings. The topological polar surface area (TPSA) is 54.9 Å². The van der Waals surface area contributed by atoms with Crippen LogP contribution in [-0.2, 0) is 11.2 Å². The lowest BCUT2D eigenvalue weighted by molar-refractivity contribution is -0.119. The van der Waals surface area contributed by atoms with E-state index in [-0.39, 0.29) is 17.2 Å². The number of carbonyl (C=O) groups excluding carboxylic acids is 1. The van der Waals surface area contributed by atoms with Crippen LogP contribution in [0.2, 0.25) is 5.28 Å². The Labute approximate surface area is 134 Å². The number of nitrogens with zero attached hydrogens (tertiary/aromatic N) is 2. The maximum absolute atomic E-state index is 11.0. The van der Waals surface area contributed by atoms with Gasteiger partial charge in [-0.25, -0.2) is 9.97 Å². The van der Waals surface area contributed by atoms with Crippen molar-refractivity contribution in [1.82, 2.24) is 15.3 Å². The SMILES string of the molecule is CC(=O)NC(C)Cc1ccc(C#Cc2ccnc(Cl)n2)cc1. The Morgan fingerprint density at radius 2 is 2.00 bits per heavy atom. The summed E-state index contributed by atoms with van der Waals surface area (Å²) in [4.78, 5) is 18.8. The van der Waals surface area contributed by atoms with E-state index in [2.05, 4.69) is 27.1 Å². The van der Waals surface area contributed by atoms with Crippen LogP contribution in [0, 0.1) is 11.8 Å². The molecule has 0 aliphatic carbocycles. The molecule has 0 fully saturated rings. The van der Waals surface area contributed by atoms with Crippen LogP contribution in [0.25, 0.3) is 0 Å². The van der Waals surface area contributed by atoms with Crippen molar-refractivity contribution in [3.63, 3.8) is 0 Å².